The standard InChI is InChI=1S/C14H9ClN2O/c15-12-5-1-3-10(7-12)13-8-14(18-17-13)11-4-2-6-16-9-11/h1-9H. The summed E-state index contributed by atoms with van der Waals surface area (Å²) in [6.45, 7) is 0. The molecule has 0 aliphatic rings. The van der Waals surface area contributed by atoms with Crippen LogP contribution in [-0.2, 0) is 0 Å². The molecule has 3 nitrogen and oxygen atoms in total. The molecule has 2 aromatic heterocycles. The van der Waals surface area contributed by atoms with Gasteiger partial charge >= 0.3 is 0 Å². The Bertz CT molecular complexity index is 664. The largest absolute Gasteiger partial charge is 0.356 e. The van der Waals surface area contributed by atoms with Gasteiger partial charge in [0, 0.05) is 34.6 Å². The zero-order valence-electron chi connectivity index (χ0n) is 9.38. The zero-order chi connectivity index (χ0) is 12.4. The Morgan fingerprint density at radius 1 is 1.00 bits per heavy atom. The Morgan fingerprint density at radius 3 is 2.67 bits per heavy atom. The monoisotopic (exact) mass is 256 g/mol. The van der Waals surface area contributed by atoms with Gasteiger partial charge in [-0.1, -0.05) is 28.9 Å². The Balaban J connectivity index is 2.00. The Hall–Kier alpha value is -2.13. The van der Waals surface area contributed by atoms with Crippen molar-refractivity contribution in [3.8, 4) is 22.6 Å². The first-order chi connectivity index (χ1) is 8.83. The number of nitrogens with zero attached hydrogens (tertiary/aromatic N) is 2. The van der Waals surface area contributed by atoms with E-state index in [4.69, 9.17) is 16.1 Å². The van der Waals surface area contributed by atoms with Crippen LogP contribution in [0.2, 0.25) is 5.02 Å². The average molecular weight is 257 g/mol. The van der Waals surface area contributed by atoms with E-state index in [2.05, 4.69) is 10.1 Å². The fourth-order valence-electron chi connectivity index (χ4n) is 1.70. The van der Waals surface area contributed by atoms with Crippen molar-refractivity contribution in [3.63, 3.8) is 0 Å². The maximum atomic E-state index is 5.95. The van der Waals surface area contributed by atoms with Crippen molar-refractivity contribution < 1.29 is 4.52 Å². The van der Waals surface area contributed by atoms with Crippen LogP contribution in [0.25, 0.3) is 22.6 Å². The van der Waals surface area contributed by atoms with Gasteiger partial charge in [-0.2, -0.15) is 0 Å². The third kappa shape index (κ3) is 2.13. The van der Waals surface area contributed by atoms with E-state index < -0.39 is 0 Å². The first-order valence-corrected chi connectivity index (χ1v) is 5.84. The quantitative estimate of drug-likeness (QED) is 0.694. The van der Waals surface area contributed by atoms with E-state index in [0.29, 0.717) is 10.8 Å². The van der Waals surface area contributed by atoms with Crippen LogP contribution in [-0.4, -0.2) is 10.1 Å². The van der Waals surface area contributed by atoms with Crippen molar-refractivity contribution in [2.75, 3.05) is 0 Å². The minimum atomic E-state index is 0.679. The van der Waals surface area contributed by atoms with Gasteiger partial charge in [0.2, 0.25) is 0 Å². The number of halogens is 1. The van der Waals surface area contributed by atoms with Gasteiger partial charge < -0.3 is 4.52 Å². The molecule has 0 fully saturated rings. The summed E-state index contributed by atoms with van der Waals surface area (Å²) < 4.78 is 5.31. The first-order valence-electron chi connectivity index (χ1n) is 5.46. The van der Waals surface area contributed by atoms with E-state index in [0.717, 1.165) is 16.8 Å². The minimum absolute atomic E-state index is 0.679. The van der Waals surface area contributed by atoms with Crippen molar-refractivity contribution in [2.24, 2.45) is 0 Å². The highest BCUT2D eigenvalue weighted by molar-refractivity contribution is 6.30. The molecule has 0 radical (unpaired) electrons. The van der Waals surface area contributed by atoms with Crippen molar-refractivity contribution in [2.45, 2.75) is 0 Å². The van der Waals surface area contributed by atoms with E-state index in [1.165, 1.54) is 0 Å². The smallest absolute Gasteiger partial charge is 0.169 e. The molecule has 0 aliphatic heterocycles. The predicted octanol–water partition coefficient (Wildman–Crippen LogP) is 4.06. The fraction of sp³-hybridized carbons (Fsp3) is 0. The van der Waals surface area contributed by atoms with Crippen molar-refractivity contribution >= 4 is 11.6 Å². The SMILES string of the molecule is Clc1cccc(-c2cc(-c3cccnc3)on2)c1. The summed E-state index contributed by atoms with van der Waals surface area (Å²) in [7, 11) is 0. The van der Waals surface area contributed by atoms with Crippen LogP contribution in [0.1, 0.15) is 0 Å². The molecule has 3 aromatic rings. The number of hydrogen-bond donors (Lipinski definition) is 0. The van der Waals surface area contributed by atoms with Gasteiger partial charge in [0.15, 0.2) is 5.76 Å². The molecular weight excluding hydrogens is 248 g/mol. The molecule has 0 atom stereocenters. The summed E-state index contributed by atoms with van der Waals surface area (Å²) in [5, 5.41) is 4.72. The van der Waals surface area contributed by atoms with Crippen LogP contribution in [0.5, 0.6) is 0 Å². The molecule has 88 valence electrons. The highest BCUT2D eigenvalue weighted by Crippen LogP contribution is 2.26. The zero-order valence-corrected chi connectivity index (χ0v) is 10.1. The highest BCUT2D eigenvalue weighted by Gasteiger charge is 2.08. The number of rotatable bonds is 2. The molecule has 0 aliphatic carbocycles. The van der Waals surface area contributed by atoms with Crippen LogP contribution in [0.15, 0.2) is 59.4 Å². The molecule has 0 spiro atoms. The van der Waals surface area contributed by atoms with E-state index in [9.17, 15) is 0 Å². The van der Waals surface area contributed by atoms with Crippen LogP contribution in [0.4, 0.5) is 0 Å². The summed E-state index contributed by atoms with van der Waals surface area (Å²) in [6, 6.07) is 13.2. The van der Waals surface area contributed by atoms with Gasteiger partial charge in [0.25, 0.3) is 0 Å². The molecule has 0 saturated heterocycles. The Labute approximate surface area is 109 Å². The molecule has 0 N–H and O–H groups in total. The summed E-state index contributed by atoms with van der Waals surface area (Å²) >= 11 is 5.95. The molecule has 1 aromatic carbocycles. The van der Waals surface area contributed by atoms with Gasteiger partial charge in [-0.15, -0.1) is 0 Å². The molecule has 18 heavy (non-hydrogen) atoms. The molecular formula is C14H9ClN2O. The summed E-state index contributed by atoms with van der Waals surface area (Å²) in [4.78, 5) is 4.05. The maximum Gasteiger partial charge on any atom is 0.169 e. The number of aromatic nitrogens is 2. The minimum Gasteiger partial charge on any atom is -0.356 e. The number of pyridine rings is 1. The van der Waals surface area contributed by atoms with Gasteiger partial charge in [0.1, 0.15) is 5.69 Å². The van der Waals surface area contributed by atoms with E-state index in [-0.39, 0.29) is 0 Å². The molecule has 4 heteroatoms. The Morgan fingerprint density at radius 2 is 1.89 bits per heavy atom. The number of benzene rings is 1. The summed E-state index contributed by atoms with van der Waals surface area (Å²) in [5.74, 6) is 0.693. The fourth-order valence-corrected chi connectivity index (χ4v) is 1.89. The van der Waals surface area contributed by atoms with Gasteiger partial charge in [-0.05, 0) is 24.3 Å². The first kappa shape index (κ1) is 11.0. The van der Waals surface area contributed by atoms with Gasteiger partial charge in [0.05, 0.1) is 0 Å². The summed E-state index contributed by atoms with van der Waals surface area (Å²) in [6.07, 6.45) is 3.46. The second-order valence-electron chi connectivity index (χ2n) is 3.83. The van der Waals surface area contributed by atoms with Crippen LogP contribution >= 0.6 is 11.6 Å². The van der Waals surface area contributed by atoms with Gasteiger partial charge in [-0.3, -0.25) is 4.98 Å². The van der Waals surface area contributed by atoms with Crippen molar-refractivity contribution in [1.82, 2.24) is 10.1 Å². The summed E-state index contributed by atoms with van der Waals surface area (Å²) in [5.41, 5.74) is 2.59. The molecule has 0 amide bonds. The van der Waals surface area contributed by atoms with Crippen molar-refractivity contribution in [1.29, 1.82) is 0 Å². The lowest BCUT2D eigenvalue weighted by Gasteiger charge is -1.94. The second-order valence-corrected chi connectivity index (χ2v) is 4.26. The third-order valence-electron chi connectivity index (χ3n) is 2.58. The molecule has 0 bridgehead atoms. The third-order valence-corrected chi connectivity index (χ3v) is 2.81. The lowest BCUT2D eigenvalue weighted by Crippen LogP contribution is -1.76. The number of hydrogen-bond acceptors (Lipinski definition) is 3. The molecule has 2 heterocycles. The Kier molecular flexibility index (Phi) is 2.82. The van der Waals surface area contributed by atoms with Crippen molar-refractivity contribution in [3.05, 3.63) is 59.9 Å². The van der Waals surface area contributed by atoms with E-state index in [1.54, 1.807) is 12.4 Å². The normalized spacial score (nSPS) is 10.5. The van der Waals surface area contributed by atoms with Crippen LogP contribution in [0, 0.1) is 0 Å². The average Bonchev–Trinajstić information content (AvgIpc) is 2.89. The molecule has 3 rings (SSSR count). The lowest BCUT2D eigenvalue weighted by molar-refractivity contribution is 0.435. The van der Waals surface area contributed by atoms with Gasteiger partial charge in [-0.25, -0.2) is 0 Å². The van der Waals surface area contributed by atoms with E-state index in [1.807, 2.05) is 42.5 Å². The van der Waals surface area contributed by atoms with Crippen LogP contribution in [0.3, 0.4) is 0 Å². The molecule has 0 unspecified atom stereocenters. The van der Waals surface area contributed by atoms with E-state index >= 15 is 0 Å². The lowest BCUT2D eigenvalue weighted by atomic mass is 10.1. The second kappa shape index (κ2) is 4.63. The predicted molar refractivity (Wildman–Crippen MR) is 70.2 cm³/mol. The maximum absolute atomic E-state index is 5.95. The molecule has 0 saturated carbocycles. The highest BCUT2D eigenvalue weighted by atomic mass is 35.5. The topological polar surface area (TPSA) is 38.9 Å². The van der Waals surface area contributed by atoms with Crippen LogP contribution < -0.4 is 0 Å².